The minimum absolute atomic E-state index is 0.0269. The summed E-state index contributed by atoms with van der Waals surface area (Å²) in [5.41, 5.74) is 3.39. The van der Waals surface area contributed by atoms with Crippen LogP contribution in [0.25, 0.3) is 5.69 Å². The van der Waals surface area contributed by atoms with Crippen LogP contribution in [0.15, 0.2) is 35.7 Å². The first-order valence-corrected chi connectivity index (χ1v) is 12.7. The lowest BCUT2D eigenvalue weighted by atomic mass is 10.1. The number of carbonyl (C=O) groups excluding carboxylic acids is 1. The Balaban J connectivity index is 1.73. The Kier molecular flexibility index (Phi) is 6.73. The molecular weight excluding hydrogens is 406 g/mol. The minimum atomic E-state index is -3.04. The van der Waals surface area contributed by atoms with E-state index in [1.54, 1.807) is 11.1 Å². The fourth-order valence-electron chi connectivity index (χ4n) is 3.73. The molecule has 0 aliphatic carbocycles. The molecule has 158 valence electrons. The van der Waals surface area contributed by atoms with Gasteiger partial charge in [0.15, 0.2) is 15.0 Å². The van der Waals surface area contributed by atoms with E-state index in [0.717, 1.165) is 16.4 Å². The van der Waals surface area contributed by atoms with Crippen molar-refractivity contribution in [1.29, 1.82) is 0 Å². The van der Waals surface area contributed by atoms with Gasteiger partial charge in [0.25, 0.3) is 0 Å². The molecule has 1 aliphatic rings. The zero-order valence-electron chi connectivity index (χ0n) is 17.5. The van der Waals surface area contributed by atoms with Gasteiger partial charge in [-0.25, -0.2) is 13.4 Å². The molecular formula is C21H29N3O3S2. The average Bonchev–Trinajstić information content (AvgIpc) is 3.23. The van der Waals surface area contributed by atoms with Gasteiger partial charge in [0, 0.05) is 25.0 Å². The van der Waals surface area contributed by atoms with Gasteiger partial charge in [0.1, 0.15) is 0 Å². The Hall–Kier alpha value is -1.80. The van der Waals surface area contributed by atoms with Crippen LogP contribution in [0.1, 0.15) is 31.4 Å². The van der Waals surface area contributed by atoms with Gasteiger partial charge in [-0.15, -0.1) is 0 Å². The second kappa shape index (κ2) is 8.92. The number of amides is 1. The summed E-state index contributed by atoms with van der Waals surface area (Å²) in [4.78, 5) is 19.2. The number of imidazole rings is 1. The molecule has 1 saturated heterocycles. The zero-order chi connectivity index (χ0) is 21.2. The Labute approximate surface area is 177 Å². The maximum atomic E-state index is 13.0. The summed E-state index contributed by atoms with van der Waals surface area (Å²) in [6.07, 6.45) is 4.17. The molecule has 0 radical (unpaired) electrons. The second-order valence-corrected chi connectivity index (χ2v) is 11.3. The molecule has 0 spiro atoms. The molecule has 1 atom stereocenters. The highest BCUT2D eigenvalue weighted by molar-refractivity contribution is 7.99. The Morgan fingerprint density at radius 2 is 2.10 bits per heavy atom. The minimum Gasteiger partial charge on any atom is -0.338 e. The van der Waals surface area contributed by atoms with Crippen molar-refractivity contribution >= 4 is 27.5 Å². The average molecular weight is 436 g/mol. The van der Waals surface area contributed by atoms with Crippen LogP contribution in [0.2, 0.25) is 0 Å². The molecule has 0 unspecified atom stereocenters. The quantitative estimate of drug-likeness (QED) is 0.624. The first kappa shape index (κ1) is 21.9. The Bertz CT molecular complexity index is 983. The summed E-state index contributed by atoms with van der Waals surface area (Å²) < 4.78 is 25.8. The van der Waals surface area contributed by atoms with E-state index in [1.165, 1.54) is 17.3 Å². The number of hydrogen-bond acceptors (Lipinski definition) is 5. The number of aromatic nitrogens is 2. The fraction of sp³-hybridized carbons (Fsp3) is 0.524. The maximum absolute atomic E-state index is 13.0. The van der Waals surface area contributed by atoms with Crippen molar-refractivity contribution < 1.29 is 13.2 Å². The highest BCUT2D eigenvalue weighted by atomic mass is 32.2. The van der Waals surface area contributed by atoms with Gasteiger partial charge >= 0.3 is 0 Å². The van der Waals surface area contributed by atoms with Crippen LogP contribution in [-0.4, -0.2) is 58.6 Å². The van der Waals surface area contributed by atoms with Gasteiger partial charge in [0.05, 0.1) is 22.9 Å². The molecule has 1 fully saturated rings. The first-order valence-electron chi connectivity index (χ1n) is 9.90. The smallest absolute Gasteiger partial charge is 0.233 e. The van der Waals surface area contributed by atoms with Crippen molar-refractivity contribution in [2.45, 2.75) is 45.3 Å². The van der Waals surface area contributed by atoms with Gasteiger partial charge in [-0.3, -0.25) is 9.36 Å². The largest absolute Gasteiger partial charge is 0.338 e. The molecule has 8 heteroatoms. The Morgan fingerprint density at radius 1 is 1.34 bits per heavy atom. The third-order valence-electron chi connectivity index (χ3n) is 5.07. The van der Waals surface area contributed by atoms with Gasteiger partial charge in [0.2, 0.25) is 5.91 Å². The molecule has 3 rings (SSSR count). The number of benzene rings is 1. The molecule has 1 aromatic carbocycles. The Morgan fingerprint density at radius 3 is 2.72 bits per heavy atom. The van der Waals surface area contributed by atoms with Crippen LogP contribution < -0.4 is 0 Å². The zero-order valence-corrected chi connectivity index (χ0v) is 19.1. The summed E-state index contributed by atoms with van der Waals surface area (Å²) >= 11 is 1.39. The summed E-state index contributed by atoms with van der Waals surface area (Å²) in [6, 6.07) is 6.04. The van der Waals surface area contributed by atoms with E-state index in [2.05, 4.69) is 37.0 Å². The fourth-order valence-corrected chi connectivity index (χ4v) is 6.32. The van der Waals surface area contributed by atoms with Crippen molar-refractivity contribution in [1.82, 2.24) is 14.5 Å². The number of sulfone groups is 1. The van der Waals surface area contributed by atoms with E-state index in [1.807, 2.05) is 24.6 Å². The third-order valence-corrected chi connectivity index (χ3v) is 7.78. The van der Waals surface area contributed by atoms with Crippen LogP contribution in [0.4, 0.5) is 0 Å². The van der Waals surface area contributed by atoms with Gasteiger partial charge in [-0.2, -0.15) is 0 Å². The predicted molar refractivity (Wildman–Crippen MR) is 117 cm³/mol. The van der Waals surface area contributed by atoms with E-state index in [4.69, 9.17) is 0 Å². The molecule has 6 nitrogen and oxygen atoms in total. The topological polar surface area (TPSA) is 72.3 Å². The van der Waals surface area contributed by atoms with Crippen molar-refractivity contribution in [2.24, 2.45) is 5.92 Å². The normalized spacial score (nSPS) is 18.3. The van der Waals surface area contributed by atoms with E-state index in [0.29, 0.717) is 13.0 Å². The SMILES string of the molecule is Cc1ccc(-n2ccnc2SCC(=O)N(CC(C)C)[C@@H]2CCS(=O)(=O)C2)c(C)c1. The predicted octanol–water partition coefficient (Wildman–Crippen LogP) is 3.25. The first-order chi connectivity index (χ1) is 13.7. The number of rotatable bonds is 7. The summed E-state index contributed by atoms with van der Waals surface area (Å²) in [5.74, 6) is 0.743. The van der Waals surface area contributed by atoms with Gasteiger partial charge in [-0.05, 0) is 37.8 Å². The van der Waals surface area contributed by atoms with Gasteiger partial charge in [-0.1, -0.05) is 43.3 Å². The standard InChI is InChI=1S/C21H29N3O3S2/c1-15(2)12-24(18-7-10-29(26,27)14-18)20(25)13-28-21-22-8-9-23(21)19-6-5-16(3)11-17(19)4/h5-6,8-9,11,15,18H,7,10,12-14H2,1-4H3/t18-/m1/s1. The lowest BCUT2D eigenvalue weighted by Gasteiger charge is -2.30. The van der Waals surface area contributed by atoms with Crippen LogP contribution in [0, 0.1) is 19.8 Å². The highest BCUT2D eigenvalue weighted by Gasteiger charge is 2.34. The number of hydrogen-bond donors (Lipinski definition) is 0. The summed E-state index contributed by atoms with van der Waals surface area (Å²) in [5, 5.41) is 0.758. The molecule has 1 amide bonds. The highest BCUT2D eigenvalue weighted by Crippen LogP contribution is 2.25. The van der Waals surface area contributed by atoms with Crippen molar-refractivity contribution in [3.05, 3.63) is 41.7 Å². The van der Waals surface area contributed by atoms with Crippen molar-refractivity contribution in [3.8, 4) is 5.69 Å². The number of thioether (sulfide) groups is 1. The van der Waals surface area contributed by atoms with E-state index in [9.17, 15) is 13.2 Å². The number of nitrogens with zero attached hydrogens (tertiary/aromatic N) is 3. The lowest BCUT2D eigenvalue weighted by Crippen LogP contribution is -2.44. The summed E-state index contributed by atoms with van der Waals surface area (Å²) in [6.45, 7) is 8.79. The molecule has 2 aromatic rings. The number of aryl methyl sites for hydroxylation is 2. The molecule has 1 aliphatic heterocycles. The molecule has 0 saturated carbocycles. The third kappa shape index (κ3) is 5.42. The maximum Gasteiger partial charge on any atom is 0.233 e. The van der Waals surface area contributed by atoms with Gasteiger partial charge < -0.3 is 4.90 Å². The molecule has 29 heavy (non-hydrogen) atoms. The van der Waals surface area contributed by atoms with Crippen LogP contribution >= 0.6 is 11.8 Å². The van der Waals surface area contributed by atoms with Crippen LogP contribution in [0.3, 0.4) is 0 Å². The van der Waals surface area contributed by atoms with E-state index in [-0.39, 0.29) is 35.1 Å². The van der Waals surface area contributed by atoms with E-state index >= 15 is 0 Å². The van der Waals surface area contributed by atoms with Crippen molar-refractivity contribution in [2.75, 3.05) is 23.8 Å². The van der Waals surface area contributed by atoms with Crippen LogP contribution in [0.5, 0.6) is 0 Å². The van der Waals surface area contributed by atoms with Crippen LogP contribution in [-0.2, 0) is 14.6 Å². The molecule has 2 heterocycles. The lowest BCUT2D eigenvalue weighted by molar-refractivity contribution is -0.130. The molecule has 0 N–H and O–H groups in total. The second-order valence-electron chi connectivity index (χ2n) is 8.16. The van der Waals surface area contributed by atoms with Crippen molar-refractivity contribution in [3.63, 3.8) is 0 Å². The summed E-state index contributed by atoms with van der Waals surface area (Å²) in [7, 11) is -3.04. The molecule has 1 aromatic heterocycles. The van der Waals surface area contributed by atoms with E-state index < -0.39 is 9.84 Å². The monoisotopic (exact) mass is 435 g/mol. The molecule has 0 bridgehead atoms. The number of carbonyl (C=O) groups is 1.